The lowest BCUT2D eigenvalue weighted by Gasteiger charge is -2.14. The summed E-state index contributed by atoms with van der Waals surface area (Å²) in [5, 5.41) is 0. The van der Waals surface area contributed by atoms with Gasteiger partial charge >= 0.3 is 12.4 Å². The topological polar surface area (TPSA) is 34.1 Å². The second-order valence-electron chi connectivity index (χ2n) is 4.41. The van der Waals surface area contributed by atoms with Crippen LogP contribution in [0.4, 0.5) is 26.3 Å². The van der Waals surface area contributed by atoms with Crippen molar-refractivity contribution in [2.45, 2.75) is 37.0 Å². The SMILES string of the molecule is CCCCS(=O)(=O)c1cc(C(F)(F)F)cc(C(F)(F)F)c1. The molecule has 0 N–H and O–H groups in total. The van der Waals surface area contributed by atoms with Crippen molar-refractivity contribution >= 4 is 9.84 Å². The molecule has 2 nitrogen and oxygen atoms in total. The monoisotopic (exact) mass is 334 g/mol. The number of rotatable bonds is 4. The van der Waals surface area contributed by atoms with E-state index in [0.717, 1.165) is 0 Å². The molecule has 0 atom stereocenters. The van der Waals surface area contributed by atoms with Crippen molar-refractivity contribution in [3.63, 3.8) is 0 Å². The Morgan fingerprint density at radius 1 is 0.905 bits per heavy atom. The smallest absolute Gasteiger partial charge is 0.224 e. The van der Waals surface area contributed by atoms with Crippen LogP contribution in [0.3, 0.4) is 0 Å². The molecule has 0 radical (unpaired) electrons. The number of unbranched alkanes of at least 4 members (excludes halogenated alkanes) is 1. The number of hydrogen-bond donors (Lipinski definition) is 0. The molecule has 0 aliphatic heterocycles. The number of alkyl halides is 6. The van der Waals surface area contributed by atoms with Gasteiger partial charge in [0.2, 0.25) is 0 Å². The van der Waals surface area contributed by atoms with E-state index in [1.165, 1.54) is 0 Å². The fourth-order valence-corrected chi connectivity index (χ4v) is 3.08. The summed E-state index contributed by atoms with van der Waals surface area (Å²) in [5.41, 5.74) is -3.26. The summed E-state index contributed by atoms with van der Waals surface area (Å²) < 4.78 is 99.3. The number of hydrogen-bond acceptors (Lipinski definition) is 2. The van der Waals surface area contributed by atoms with Crippen molar-refractivity contribution in [2.24, 2.45) is 0 Å². The van der Waals surface area contributed by atoms with Gasteiger partial charge in [-0.25, -0.2) is 8.42 Å². The van der Waals surface area contributed by atoms with E-state index in [1.807, 2.05) is 0 Å². The fourth-order valence-electron chi connectivity index (χ4n) is 1.56. The molecule has 0 fully saturated rings. The van der Waals surface area contributed by atoms with Crippen molar-refractivity contribution < 1.29 is 34.8 Å². The minimum Gasteiger partial charge on any atom is -0.224 e. The third-order valence-electron chi connectivity index (χ3n) is 2.69. The van der Waals surface area contributed by atoms with E-state index in [9.17, 15) is 34.8 Å². The van der Waals surface area contributed by atoms with Gasteiger partial charge in [0.15, 0.2) is 9.84 Å². The average molecular weight is 334 g/mol. The normalized spacial score (nSPS) is 13.5. The number of halogens is 6. The summed E-state index contributed by atoms with van der Waals surface area (Å²) >= 11 is 0. The molecular formula is C12H12F6O2S. The first-order valence-electron chi connectivity index (χ1n) is 5.90. The highest BCUT2D eigenvalue weighted by Gasteiger charge is 2.38. The summed E-state index contributed by atoms with van der Waals surface area (Å²) in [6, 6.07) is 0.374. The molecule has 120 valence electrons. The number of sulfone groups is 1. The average Bonchev–Trinajstić information content (AvgIpc) is 2.34. The molecular weight excluding hydrogens is 322 g/mol. The molecule has 21 heavy (non-hydrogen) atoms. The van der Waals surface area contributed by atoms with Gasteiger partial charge in [-0.15, -0.1) is 0 Å². The first kappa shape index (κ1) is 17.8. The van der Waals surface area contributed by atoms with Gasteiger partial charge in [0, 0.05) is 0 Å². The van der Waals surface area contributed by atoms with Crippen LogP contribution >= 0.6 is 0 Å². The molecule has 0 saturated carbocycles. The van der Waals surface area contributed by atoms with Crippen molar-refractivity contribution in [3.8, 4) is 0 Å². The van der Waals surface area contributed by atoms with Gasteiger partial charge < -0.3 is 0 Å². The molecule has 0 heterocycles. The van der Waals surface area contributed by atoms with Crippen LogP contribution < -0.4 is 0 Å². The Bertz CT molecular complexity index is 569. The Labute approximate surface area is 117 Å². The fraction of sp³-hybridized carbons (Fsp3) is 0.500. The zero-order chi connectivity index (χ0) is 16.5. The standard InChI is InChI=1S/C12H12F6O2S/c1-2-3-4-21(19,20)10-6-8(11(13,14)15)5-9(7-10)12(16,17)18/h5-7H,2-4H2,1H3. The highest BCUT2D eigenvalue weighted by molar-refractivity contribution is 7.91. The van der Waals surface area contributed by atoms with Crippen LogP contribution in [0.15, 0.2) is 23.1 Å². The molecule has 0 bridgehead atoms. The van der Waals surface area contributed by atoms with Crippen LogP contribution in [0, 0.1) is 0 Å². The molecule has 0 aromatic heterocycles. The first-order chi connectivity index (χ1) is 9.38. The minimum absolute atomic E-state index is 0.0984. The third-order valence-corrected chi connectivity index (χ3v) is 4.47. The van der Waals surface area contributed by atoms with Gasteiger partial charge in [-0.05, 0) is 24.6 Å². The van der Waals surface area contributed by atoms with E-state index in [0.29, 0.717) is 6.42 Å². The van der Waals surface area contributed by atoms with E-state index in [-0.39, 0.29) is 24.6 Å². The van der Waals surface area contributed by atoms with Crippen molar-refractivity contribution in [1.82, 2.24) is 0 Å². The van der Waals surface area contributed by atoms with Crippen LogP contribution in [0.1, 0.15) is 30.9 Å². The Hall–Kier alpha value is -1.25. The predicted octanol–water partition coefficient (Wildman–Crippen LogP) is 4.30. The quantitative estimate of drug-likeness (QED) is 0.770. The molecule has 0 spiro atoms. The summed E-state index contributed by atoms with van der Waals surface area (Å²) in [7, 11) is -4.19. The van der Waals surface area contributed by atoms with E-state index in [1.54, 1.807) is 6.92 Å². The second-order valence-corrected chi connectivity index (χ2v) is 6.52. The summed E-state index contributed by atoms with van der Waals surface area (Å²) in [4.78, 5) is -0.960. The zero-order valence-electron chi connectivity index (χ0n) is 10.8. The van der Waals surface area contributed by atoms with E-state index >= 15 is 0 Å². The van der Waals surface area contributed by atoms with Crippen molar-refractivity contribution in [1.29, 1.82) is 0 Å². The van der Waals surface area contributed by atoms with Gasteiger partial charge in [-0.3, -0.25) is 0 Å². The lowest BCUT2D eigenvalue weighted by molar-refractivity contribution is -0.143. The van der Waals surface area contributed by atoms with E-state index in [2.05, 4.69) is 0 Å². The lowest BCUT2D eigenvalue weighted by atomic mass is 10.1. The van der Waals surface area contributed by atoms with E-state index in [4.69, 9.17) is 0 Å². The van der Waals surface area contributed by atoms with Crippen molar-refractivity contribution in [3.05, 3.63) is 29.3 Å². The molecule has 0 amide bonds. The summed E-state index contributed by atoms with van der Waals surface area (Å²) in [5.74, 6) is -0.498. The van der Waals surface area contributed by atoms with Gasteiger partial charge in [0.25, 0.3) is 0 Å². The van der Waals surface area contributed by atoms with Gasteiger partial charge in [0.05, 0.1) is 21.8 Å². The largest absolute Gasteiger partial charge is 0.416 e. The highest BCUT2D eigenvalue weighted by Crippen LogP contribution is 2.37. The molecule has 1 rings (SSSR count). The molecule has 0 unspecified atom stereocenters. The first-order valence-corrected chi connectivity index (χ1v) is 7.55. The molecule has 0 saturated heterocycles. The zero-order valence-corrected chi connectivity index (χ0v) is 11.7. The summed E-state index contributed by atoms with van der Waals surface area (Å²) in [6.45, 7) is 1.66. The molecule has 1 aromatic carbocycles. The van der Waals surface area contributed by atoms with Crippen molar-refractivity contribution in [2.75, 3.05) is 5.75 Å². The molecule has 0 aliphatic rings. The Balaban J connectivity index is 3.46. The van der Waals surface area contributed by atoms with Crippen LogP contribution in [-0.4, -0.2) is 14.2 Å². The Morgan fingerprint density at radius 2 is 1.33 bits per heavy atom. The van der Waals surface area contributed by atoms with Crippen LogP contribution in [0.2, 0.25) is 0 Å². The van der Waals surface area contributed by atoms with Gasteiger partial charge in [-0.2, -0.15) is 26.3 Å². The second kappa shape index (κ2) is 5.86. The minimum atomic E-state index is -5.06. The molecule has 0 aliphatic carbocycles. The molecule has 1 aromatic rings. The summed E-state index contributed by atoms with van der Waals surface area (Å²) in [6.07, 6.45) is -9.52. The third kappa shape index (κ3) is 4.62. The Morgan fingerprint density at radius 3 is 1.67 bits per heavy atom. The number of benzene rings is 1. The maximum atomic E-state index is 12.6. The van der Waals surface area contributed by atoms with Crippen LogP contribution in [-0.2, 0) is 22.2 Å². The van der Waals surface area contributed by atoms with E-state index < -0.39 is 44.0 Å². The maximum Gasteiger partial charge on any atom is 0.416 e. The van der Waals surface area contributed by atoms with Crippen LogP contribution in [0.25, 0.3) is 0 Å². The lowest BCUT2D eigenvalue weighted by Crippen LogP contribution is -2.14. The Kier molecular flexibility index (Phi) is 4.97. The van der Waals surface area contributed by atoms with Crippen LogP contribution in [0.5, 0.6) is 0 Å². The predicted molar refractivity (Wildman–Crippen MR) is 63.4 cm³/mol. The van der Waals surface area contributed by atoms with Gasteiger partial charge in [0.1, 0.15) is 0 Å². The van der Waals surface area contributed by atoms with Gasteiger partial charge in [-0.1, -0.05) is 13.3 Å². The maximum absolute atomic E-state index is 12.6. The highest BCUT2D eigenvalue weighted by atomic mass is 32.2. The molecule has 9 heteroatoms.